The maximum Gasteiger partial charge on any atom is 0.269 e. The van der Waals surface area contributed by atoms with E-state index in [1.54, 1.807) is 12.1 Å². The highest BCUT2D eigenvalue weighted by molar-refractivity contribution is 5.43. The Bertz CT molecular complexity index is 512. The van der Waals surface area contributed by atoms with Crippen molar-refractivity contribution in [3.05, 3.63) is 39.4 Å². The summed E-state index contributed by atoms with van der Waals surface area (Å²) < 4.78 is 0. The van der Waals surface area contributed by atoms with Crippen LogP contribution >= 0.6 is 0 Å². The zero-order chi connectivity index (χ0) is 14.1. The van der Waals surface area contributed by atoms with Gasteiger partial charge in [0.05, 0.1) is 4.92 Å². The van der Waals surface area contributed by atoms with Crippen LogP contribution in [0.5, 0.6) is 0 Å². The van der Waals surface area contributed by atoms with Crippen molar-refractivity contribution < 1.29 is 4.92 Å². The third-order valence-corrected chi connectivity index (χ3v) is 4.69. The van der Waals surface area contributed by atoms with Gasteiger partial charge in [-0.15, -0.1) is 0 Å². The molecule has 1 aromatic carbocycles. The molecular formula is C15H21N3O2. The molecule has 1 N–H and O–H groups in total. The van der Waals surface area contributed by atoms with Crippen LogP contribution in [0.4, 0.5) is 5.69 Å². The fourth-order valence-electron chi connectivity index (χ4n) is 3.70. The van der Waals surface area contributed by atoms with E-state index in [-0.39, 0.29) is 16.7 Å². The van der Waals surface area contributed by atoms with Crippen molar-refractivity contribution in [2.45, 2.75) is 37.8 Å². The molecule has 0 saturated carbocycles. The molecule has 1 aliphatic carbocycles. The van der Waals surface area contributed by atoms with Crippen molar-refractivity contribution in [1.82, 2.24) is 10.2 Å². The molecule has 2 aliphatic rings. The predicted molar refractivity (Wildman–Crippen MR) is 77.8 cm³/mol. The Hall–Kier alpha value is -1.46. The van der Waals surface area contributed by atoms with E-state index >= 15 is 0 Å². The van der Waals surface area contributed by atoms with Crippen LogP contribution in [-0.4, -0.2) is 36.0 Å². The van der Waals surface area contributed by atoms with E-state index in [9.17, 15) is 10.1 Å². The number of rotatable bonds is 3. The van der Waals surface area contributed by atoms with E-state index in [1.807, 2.05) is 13.1 Å². The van der Waals surface area contributed by atoms with Crippen LogP contribution in [0, 0.1) is 10.1 Å². The Morgan fingerprint density at radius 3 is 2.75 bits per heavy atom. The molecule has 108 valence electrons. The Morgan fingerprint density at radius 1 is 1.35 bits per heavy atom. The number of benzene rings is 1. The van der Waals surface area contributed by atoms with E-state index in [2.05, 4.69) is 10.2 Å². The summed E-state index contributed by atoms with van der Waals surface area (Å²) >= 11 is 0. The largest absolute Gasteiger partial charge is 0.312 e. The summed E-state index contributed by atoms with van der Waals surface area (Å²) in [5.74, 6) is 0. The minimum atomic E-state index is -0.299. The number of hydrogen-bond acceptors (Lipinski definition) is 4. The molecular weight excluding hydrogens is 254 g/mol. The number of nitro benzene ring substituents is 1. The van der Waals surface area contributed by atoms with Crippen molar-refractivity contribution in [1.29, 1.82) is 0 Å². The Morgan fingerprint density at radius 2 is 2.10 bits per heavy atom. The van der Waals surface area contributed by atoms with Gasteiger partial charge in [-0.3, -0.25) is 15.0 Å². The quantitative estimate of drug-likeness (QED) is 0.679. The van der Waals surface area contributed by atoms with Crippen LogP contribution in [0.15, 0.2) is 18.2 Å². The monoisotopic (exact) mass is 275 g/mol. The third kappa shape index (κ3) is 2.31. The molecule has 1 aliphatic heterocycles. The van der Waals surface area contributed by atoms with Crippen molar-refractivity contribution in [2.75, 3.05) is 20.1 Å². The van der Waals surface area contributed by atoms with Crippen LogP contribution in [0.3, 0.4) is 0 Å². The van der Waals surface area contributed by atoms with Gasteiger partial charge in [0.15, 0.2) is 0 Å². The number of aryl methyl sites for hydroxylation is 1. The van der Waals surface area contributed by atoms with Crippen molar-refractivity contribution in [2.24, 2.45) is 0 Å². The van der Waals surface area contributed by atoms with E-state index in [4.69, 9.17) is 0 Å². The molecule has 0 spiro atoms. The van der Waals surface area contributed by atoms with E-state index in [1.165, 1.54) is 18.4 Å². The van der Waals surface area contributed by atoms with Crippen LogP contribution in [0.1, 0.15) is 36.4 Å². The second kappa shape index (κ2) is 5.50. The first-order valence-electron chi connectivity index (χ1n) is 7.39. The molecule has 0 unspecified atom stereocenters. The van der Waals surface area contributed by atoms with E-state index < -0.39 is 0 Å². The van der Waals surface area contributed by atoms with Gasteiger partial charge >= 0.3 is 0 Å². The molecule has 1 saturated heterocycles. The standard InChI is InChI=1S/C15H21N3O2/c1-16-15-13-10-12(18(19)20)6-4-11(13)5-7-14(15)17-8-2-3-9-17/h4,6,10,14-16H,2-3,5,7-9H2,1H3/t14-,15-/m1/s1. The fraction of sp³-hybridized carbons (Fsp3) is 0.600. The highest BCUT2D eigenvalue weighted by Crippen LogP contribution is 2.36. The average Bonchev–Trinajstić information content (AvgIpc) is 2.99. The zero-order valence-electron chi connectivity index (χ0n) is 11.8. The van der Waals surface area contributed by atoms with Crippen LogP contribution in [0.2, 0.25) is 0 Å². The maximum atomic E-state index is 11.0. The zero-order valence-corrected chi connectivity index (χ0v) is 11.8. The van der Waals surface area contributed by atoms with Gasteiger partial charge in [-0.2, -0.15) is 0 Å². The lowest BCUT2D eigenvalue weighted by molar-refractivity contribution is -0.385. The Labute approximate surface area is 119 Å². The first-order valence-corrected chi connectivity index (χ1v) is 7.39. The number of nitrogens with zero attached hydrogens (tertiary/aromatic N) is 2. The van der Waals surface area contributed by atoms with Crippen molar-refractivity contribution in [3.8, 4) is 0 Å². The highest BCUT2D eigenvalue weighted by atomic mass is 16.6. The van der Waals surface area contributed by atoms with Crippen molar-refractivity contribution in [3.63, 3.8) is 0 Å². The number of likely N-dealkylation sites (N-methyl/N-ethyl adjacent to an activating group) is 1. The number of nitro groups is 1. The number of nitrogens with one attached hydrogen (secondary N) is 1. The molecule has 3 rings (SSSR count). The summed E-state index contributed by atoms with van der Waals surface area (Å²) in [5.41, 5.74) is 2.57. The Balaban J connectivity index is 1.94. The first-order chi connectivity index (χ1) is 9.70. The maximum absolute atomic E-state index is 11.0. The molecule has 0 radical (unpaired) electrons. The lowest BCUT2D eigenvalue weighted by Crippen LogP contribution is -2.45. The van der Waals surface area contributed by atoms with Gasteiger partial charge in [-0.05, 0) is 56.9 Å². The minimum absolute atomic E-state index is 0.200. The van der Waals surface area contributed by atoms with Crippen LogP contribution < -0.4 is 5.32 Å². The second-order valence-corrected chi connectivity index (χ2v) is 5.76. The summed E-state index contributed by atoms with van der Waals surface area (Å²) in [5, 5.41) is 14.4. The van der Waals surface area contributed by atoms with E-state index in [0.29, 0.717) is 6.04 Å². The summed E-state index contributed by atoms with van der Waals surface area (Å²) in [6.07, 6.45) is 4.70. The SMILES string of the molecule is CN[C@@H]1c2cc([N+](=O)[O-])ccc2CC[C@H]1N1CCCC1. The molecule has 0 aromatic heterocycles. The molecule has 1 fully saturated rings. The van der Waals surface area contributed by atoms with E-state index in [0.717, 1.165) is 31.5 Å². The van der Waals surface area contributed by atoms with Crippen LogP contribution in [0.25, 0.3) is 0 Å². The van der Waals surface area contributed by atoms with Gasteiger partial charge in [-0.25, -0.2) is 0 Å². The molecule has 0 amide bonds. The van der Waals surface area contributed by atoms with Gasteiger partial charge < -0.3 is 5.32 Å². The molecule has 5 nitrogen and oxygen atoms in total. The normalized spacial score (nSPS) is 26.4. The minimum Gasteiger partial charge on any atom is -0.312 e. The predicted octanol–water partition coefficient (Wildman–Crippen LogP) is 2.27. The smallest absolute Gasteiger partial charge is 0.269 e. The molecule has 0 bridgehead atoms. The highest BCUT2D eigenvalue weighted by Gasteiger charge is 2.34. The number of non-ortho nitro benzene ring substituents is 1. The molecule has 1 aromatic rings. The van der Waals surface area contributed by atoms with Gasteiger partial charge in [0.25, 0.3) is 5.69 Å². The van der Waals surface area contributed by atoms with Gasteiger partial charge in [-0.1, -0.05) is 6.07 Å². The summed E-state index contributed by atoms with van der Waals surface area (Å²) in [6, 6.07) is 5.99. The summed E-state index contributed by atoms with van der Waals surface area (Å²) in [4.78, 5) is 13.2. The third-order valence-electron chi connectivity index (χ3n) is 4.69. The molecule has 2 atom stereocenters. The topological polar surface area (TPSA) is 58.4 Å². The fourth-order valence-corrected chi connectivity index (χ4v) is 3.70. The van der Waals surface area contributed by atoms with Crippen LogP contribution in [-0.2, 0) is 6.42 Å². The lowest BCUT2D eigenvalue weighted by Gasteiger charge is -2.39. The second-order valence-electron chi connectivity index (χ2n) is 5.76. The Kier molecular flexibility index (Phi) is 3.72. The van der Waals surface area contributed by atoms with Crippen molar-refractivity contribution >= 4 is 5.69 Å². The number of hydrogen-bond donors (Lipinski definition) is 1. The molecule has 20 heavy (non-hydrogen) atoms. The lowest BCUT2D eigenvalue weighted by atomic mass is 9.83. The number of fused-ring (bicyclic) bond motifs is 1. The summed E-state index contributed by atoms with van der Waals surface area (Å²) in [6.45, 7) is 2.32. The van der Waals surface area contributed by atoms with Gasteiger partial charge in [0.1, 0.15) is 0 Å². The first kappa shape index (κ1) is 13.5. The summed E-state index contributed by atoms with van der Waals surface area (Å²) in [7, 11) is 1.96. The van der Waals surface area contributed by atoms with Gasteiger partial charge in [0, 0.05) is 24.2 Å². The van der Waals surface area contributed by atoms with Gasteiger partial charge in [0.2, 0.25) is 0 Å². The molecule has 1 heterocycles. The molecule has 5 heteroatoms. The number of likely N-dealkylation sites (tertiary alicyclic amines) is 1. The average molecular weight is 275 g/mol.